The van der Waals surface area contributed by atoms with Crippen LogP contribution in [0.2, 0.25) is 0 Å². The molecule has 3 heterocycles. The first-order valence-corrected chi connectivity index (χ1v) is 9.83. The first kappa shape index (κ1) is 22.0. The van der Waals surface area contributed by atoms with E-state index in [0.717, 1.165) is 4.52 Å². The highest BCUT2D eigenvalue weighted by molar-refractivity contribution is 5.80. The van der Waals surface area contributed by atoms with Gasteiger partial charge in [0.15, 0.2) is 0 Å². The van der Waals surface area contributed by atoms with E-state index in [4.69, 9.17) is 0 Å². The van der Waals surface area contributed by atoms with E-state index in [1.54, 1.807) is 23.6 Å². The number of hydrogen-bond donors (Lipinski definition) is 0. The third-order valence-electron chi connectivity index (χ3n) is 5.20. The van der Waals surface area contributed by atoms with Crippen LogP contribution < -0.4 is 0 Å². The Morgan fingerprint density at radius 2 is 1.57 bits per heavy atom. The minimum Gasteiger partial charge on any atom is -0.339 e. The summed E-state index contributed by atoms with van der Waals surface area (Å²) < 4.78 is 39.8. The smallest absolute Gasteiger partial charge is 0.339 e. The number of nitrogens with zero attached hydrogens (tertiary/aromatic N) is 6. The maximum atomic E-state index is 12.9. The zero-order valence-electron chi connectivity index (χ0n) is 17.5. The average Bonchev–Trinajstić information content (AvgIpc) is 3.09. The normalized spacial score (nSPS) is 15.3. The van der Waals surface area contributed by atoms with Crippen LogP contribution in [0.25, 0.3) is 5.78 Å². The van der Waals surface area contributed by atoms with Gasteiger partial charge in [-0.05, 0) is 19.8 Å². The van der Waals surface area contributed by atoms with Crippen LogP contribution in [0.4, 0.5) is 13.2 Å². The number of hydrogen-bond acceptors (Lipinski definition) is 5. The van der Waals surface area contributed by atoms with Crippen LogP contribution in [0.3, 0.4) is 0 Å². The molecule has 1 aliphatic heterocycles. The summed E-state index contributed by atoms with van der Waals surface area (Å²) in [6.45, 7) is 9.02. The molecule has 2 aromatic heterocycles. The summed E-state index contributed by atoms with van der Waals surface area (Å²) in [6.07, 6.45) is -4.19. The number of carbonyl (C=O) groups excluding carboxylic acids is 2. The van der Waals surface area contributed by atoms with Crippen LogP contribution in [0.5, 0.6) is 0 Å². The van der Waals surface area contributed by atoms with E-state index in [1.807, 2.05) is 13.8 Å². The highest BCUT2D eigenvalue weighted by Crippen LogP contribution is 2.27. The summed E-state index contributed by atoms with van der Waals surface area (Å²) in [7, 11) is 0. The van der Waals surface area contributed by atoms with Crippen LogP contribution >= 0.6 is 0 Å². The minimum absolute atomic E-state index is 0.00174. The Balaban J connectivity index is 1.72. The second-order valence-corrected chi connectivity index (χ2v) is 7.94. The summed E-state index contributed by atoms with van der Waals surface area (Å²) in [4.78, 5) is 36.0. The van der Waals surface area contributed by atoms with Crippen molar-refractivity contribution in [3.05, 3.63) is 22.8 Å². The van der Waals surface area contributed by atoms with Crippen molar-refractivity contribution in [1.82, 2.24) is 29.4 Å². The molecule has 30 heavy (non-hydrogen) atoms. The highest BCUT2D eigenvalue weighted by atomic mass is 19.4. The lowest BCUT2D eigenvalue weighted by Crippen LogP contribution is -2.51. The molecule has 0 atom stereocenters. The van der Waals surface area contributed by atoms with Crippen molar-refractivity contribution < 1.29 is 22.8 Å². The van der Waals surface area contributed by atoms with Crippen molar-refractivity contribution in [2.45, 2.75) is 46.7 Å². The molecule has 8 nitrogen and oxygen atoms in total. The second kappa shape index (κ2) is 8.19. The van der Waals surface area contributed by atoms with Crippen LogP contribution in [0.15, 0.2) is 0 Å². The molecule has 2 amide bonds. The maximum Gasteiger partial charge on any atom is 0.453 e. The maximum absolute atomic E-state index is 12.9. The van der Waals surface area contributed by atoms with Crippen LogP contribution in [0.1, 0.15) is 43.0 Å². The standard InChI is InChI=1S/C19H25F3N6O2/c1-11(2)9-15(29)26-5-7-27(8-6-26)16(30)10-14-12(3)23-18-24-17(19(20,21)22)25-28(18)13(14)4/h11H,5-10H2,1-4H3. The molecule has 3 rings (SSSR count). The Morgan fingerprint density at radius 3 is 2.10 bits per heavy atom. The molecule has 0 bridgehead atoms. The number of fused-ring (bicyclic) bond motifs is 1. The van der Waals surface area contributed by atoms with Gasteiger partial charge in [0.1, 0.15) is 0 Å². The SMILES string of the molecule is Cc1nc2nc(C(F)(F)F)nn2c(C)c1CC(=O)N1CCN(C(=O)CC(C)C)CC1. The Kier molecular flexibility index (Phi) is 6.00. The summed E-state index contributed by atoms with van der Waals surface area (Å²) >= 11 is 0. The first-order valence-electron chi connectivity index (χ1n) is 9.83. The molecule has 11 heteroatoms. The van der Waals surface area contributed by atoms with Crippen molar-refractivity contribution in [2.24, 2.45) is 5.92 Å². The zero-order valence-corrected chi connectivity index (χ0v) is 17.5. The van der Waals surface area contributed by atoms with E-state index in [-0.39, 0.29) is 29.9 Å². The van der Waals surface area contributed by atoms with Crippen molar-refractivity contribution >= 4 is 17.6 Å². The Hall–Kier alpha value is -2.72. The second-order valence-electron chi connectivity index (χ2n) is 7.94. The molecule has 1 aliphatic rings. The molecule has 0 radical (unpaired) electrons. The number of aryl methyl sites for hydroxylation is 2. The fourth-order valence-electron chi connectivity index (χ4n) is 3.53. The number of carbonyl (C=O) groups is 2. The number of halogens is 3. The van der Waals surface area contributed by atoms with E-state index < -0.39 is 12.0 Å². The average molecular weight is 426 g/mol. The predicted octanol–water partition coefficient (Wildman–Crippen LogP) is 2.02. The lowest BCUT2D eigenvalue weighted by atomic mass is 10.1. The van der Waals surface area contributed by atoms with Gasteiger partial charge in [-0.2, -0.15) is 18.2 Å². The van der Waals surface area contributed by atoms with Gasteiger partial charge in [-0.15, -0.1) is 5.10 Å². The topological polar surface area (TPSA) is 83.7 Å². The molecule has 0 saturated carbocycles. The van der Waals surface area contributed by atoms with E-state index in [2.05, 4.69) is 15.1 Å². The number of rotatable bonds is 4. The summed E-state index contributed by atoms with van der Waals surface area (Å²) in [5.74, 6) is -1.20. The molecule has 1 fully saturated rings. The Morgan fingerprint density at radius 1 is 1.00 bits per heavy atom. The van der Waals surface area contributed by atoms with Gasteiger partial charge in [0.2, 0.25) is 11.8 Å². The van der Waals surface area contributed by atoms with Gasteiger partial charge in [-0.3, -0.25) is 9.59 Å². The molecule has 0 unspecified atom stereocenters. The van der Waals surface area contributed by atoms with Gasteiger partial charge in [0.25, 0.3) is 11.6 Å². The molecule has 0 spiro atoms. The molecule has 0 aliphatic carbocycles. The minimum atomic E-state index is -4.67. The molecule has 1 saturated heterocycles. The van der Waals surface area contributed by atoms with Crippen molar-refractivity contribution in [2.75, 3.05) is 26.2 Å². The largest absolute Gasteiger partial charge is 0.453 e. The van der Waals surface area contributed by atoms with E-state index in [0.29, 0.717) is 49.6 Å². The molecular formula is C19H25F3N6O2. The summed E-state index contributed by atoms with van der Waals surface area (Å²) in [5.41, 5.74) is 1.38. The summed E-state index contributed by atoms with van der Waals surface area (Å²) in [5, 5.41) is 3.51. The first-order chi connectivity index (χ1) is 14.0. The Bertz CT molecular complexity index is 961. The predicted molar refractivity (Wildman–Crippen MR) is 102 cm³/mol. The van der Waals surface area contributed by atoms with Crippen LogP contribution in [-0.2, 0) is 22.2 Å². The molecular weight excluding hydrogens is 401 g/mol. The molecule has 2 aromatic rings. The van der Waals surface area contributed by atoms with Gasteiger partial charge in [-0.1, -0.05) is 13.8 Å². The number of aromatic nitrogens is 4. The fraction of sp³-hybridized carbons (Fsp3) is 0.632. The zero-order chi connectivity index (χ0) is 22.2. The number of piperazine rings is 1. The molecule has 0 N–H and O–H groups in total. The van der Waals surface area contributed by atoms with Crippen molar-refractivity contribution in [1.29, 1.82) is 0 Å². The van der Waals surface area contributed by atoms with Crippen molar-refractivity contribution in [3.63, 3.8) is 0 Å². The third-order valence-corrected chi connectivity index (χ3v) is 5.20. The van der Waals surface area contributed by atoms with Gasteiger partial charge in [0.05, 0.1) is 6.42 Å². The fourth-order valence-corrected chi connectivity index (χ4v) is 3.53. The quantitative estimate of drug-likeness (QED) is 0.747. The lowest BCUT2D eigenvalue weighted by Gasteiger charge is -2.35. The number of amides is 2. The van der Waals surface area contributed by atoms with Gasteiger partial charge in [0, 0.05) is 49.6 Å². The third kappa shape index (κ3) is 4.54. The number of alkyl halides is 3. The van der Waals surface area contributed by atoms with Gasteiger partial charge >= 0.3 is 6.18 Å². The highest BCUT2D eigenvalue weighted by Gasteiger charge is 2.37. The monoisotopic (exact) mass is 426 g/mol. The van der Waals surface area contributed by atoms with Gasteiger partial charge < -0.3 is 9.80 Å². The molecule has 164 valence electrons. The van der Waals surface area contributed by atoms with Crippen molar-refractivity contribution in [3.8, 4) is 0 Å². The molecule has 0 aromatic carbocycles. The van der Waals surface area contributed by atoms with E-state index in [1.165, 1.54) is 0 Å². The summed E-state index contributed by atoms with van der Waals surface area (Å²) in [6, 6.07) is 0. The van der Waals surface area contributed by atoms with E-state index >= 15 is 0 Å². The lowest BCUT2D eigenvalue weighted by molar-refractivity contribution is -0.144. The van der Waals surface area contributed by atoms with E-state index in [9.17, 15) is 22.8 Å². The Labute approximate surface area is 172 Å². The van der Waals surface area contributed by atoms with Gasteiger partial charge in [-0.25, -0.2) is 9.50 Å². The van der Waals surface area contributed by atoms with Crippen LogP contribution in [-0.4, -0.2) is 67.4 Å². The van der Waals surface area contributed by atoms with Crippen LogP contribution in [0, 0.1) is 19.8 Å².